The van der Waals surface area contributed by atoms with Gasteiger partial charge in [0.15, 0.2) is 0 Å². The Labute approximate surface area is 125 Å². The molecule has 2 aromatic rings. The van der Waals surface area contributed by atoms with Crippen molar-refractivity contribution in [2.24, 2.45) is 0 Å². The zero-order chi connectivity index (χ0) is 15.0. The van der Waals surface area contributed by atoms with Gasteiger partial charge in [0.25, 0.3) is 0 Å². The van der Waals surface area contributed by atoms with Crippen molar-refractivity contribution < 1.29 is 13.2 Å². The summed E-state index contributed by atoms with van der Waals surface area (Å²) in [5.41, 5.74) is 2.51. The van der Waals surface area contributed by atoms with Crippen molar-refractivity contribution in [3.63, 3.8) is 0 Å². The lowest BCUT2D eigenvalue weighted by Gasteiger charge is -2.17. The minimum absolute atomic E-state index is 0.538. The molecule has 2 aromatic carbocycles. The van der Waals surface area contributed by atoms with Crippen LogP contribution >= 0.6 is 11.6 Å². The molecule has 0 bridgehead atoms. The number of fused-ring (bicyclic) bond motifs is 1. The molecule has 5 heteroatoms. The van der Waals surface area contributed by atoms with Gasteiger partial charge in [0.05, 0.1) is 10.6 Å². The van der Waals surface area contributed by atoms with E-state index >= 15 is 0 Å². The molecule has 0 saturated heterocycles. The van der Waals surface area contributed by atoms with E-state index < -0.39 is 11.7 Å². The number of anilines is 1. The molecule has 0 fully saturated rings. The monoisotopic (exact) mass is 309 g/mol. The van der Waals surface area contributed by atoms with Crippen LogP contribution in [0.2, 0.25) is 5.02 Å². The summed E-state index contributed by atoms with van der Waals surface area (Å²) >= 11 is 6.38. The molecule has 0 aromatic heterocycles. The lowest BCUT2D eigenvalue weighted by Crippen LogP contribution is -2.05. The van der Waals surface area contributed by atoms with Gasteiger partial charge in [-0.15, -0.1) is 0 Å². The van der Waals surface area contributed by atoms with Gasteiger partial charge in [0.2, 0.25) is 0 Å². The third kappa shape index (κ3) is 2.63. The molecule has 0 amide bonds. The summed E-state index contributed by atoms with van der Waals surface area (Å²) in [4.78, 5) is 0. The Morgan fingerprint density at radius 3 is 2.38 bits per heavy atom. The van der Waals surface area contributed by atoms with E-state index in [1.54, 1.807) is 0 Å². The predicted molar refractivity (Wildman–Crippen MR) is 79.4 cm³/mol. The van der Waals surface area contributed by atoms with E-state index in [0.29, 0.717) is 10.6 Å². The molecule has 108 valence electrons. The summed E-state index contributed by atoms with van der Waals surface area (Å²) in [6.07, 6.45) is -0.461. The van der Waals surface area contributed by atoms with Crippen molar-refractivity contribution in [2.75, 3.05) is 11.9 Å². The lowest BCUT2D eigenvalue weighted by atomic mass is 9.99. The van der Waals surface area contributed by atoms with Gasteiger partial charge in [0.1, 0.15) is 0 Å². The number of rotatable bonds is 1. The van der Waals surface area contributed by atoms with Crippen molar-refractivity contribution in [2.45, 2.75) is 6.18 Å². The maximum Gasteiger partial charge on any atom is 0.416 e. The molecular formula is C16H11ClF3N. The van der Waals surface area contributed by atoms with Gasteiger partial charge in [-0.3, -0.25) is 0 Å². The average molecular weight is 310 g/mol. The Bertz CT molecular complexity index is 703. The Hall–Kier alpha value is -1.94. The summed E-state index contributed by atoms with van der Waals surface area (Å²) in [7, 11) is 0. The number of halogens is 4. The molecule has 0 aliphatic carbocycles. The van der Waals surface area contributed by atoms with Crippen molar-refractivity contribution in [3.8, 4) is 11.1 Å². The van der Waals surface area contributed by atoms with E-state index in [1.165, 1.54) is 12.1 Å². The third-order valence-electron chi connectivity index (χ3n) is 3.40. The molecule has 1 nitrogen and oxygen atoms in total. The molecule has 0 unspecified atom stereocenters. The smallest absolute Gasteiger partial charge is 0.381 e. The van der Waals surface area contributed by atoms with Gasteiger partial charge in [-0.2, -0.15) is 13.2 Å². The van der Waals surface area contributed by atoms with Crippen LogP contribution in [0.4, 0.5) is 18.9 Å². The molecule has 3 rings (SSSR count). The third-order valence-corrected chi connectivity index (χ3v) is 3.81. The highest BCUT2D eigenvalue weighted by Gasteiger charge is 2.30. The normalized spacial score (nSPS) is 13.7. The van der Waals surface area contributed by atoms with Crippen molar-refractivity contribution in [1.82, 2.24) is 0 Å². The Morgan fingerprint density at radius 2 is 1.71 bits per heavy atom. The fourth-order valence-corrected chi connectivity index (χ4v) is 2.65. The molecule has 0 atom stereocenters. The highest BCUT2D eigenvalue weighted by Crippen LogP contribution is 2.38. The topological polar surface area (TPSA) is 12.0 Å². The van der Waals surface area contributed by atoms with Crippen LogP contribution in [0.5, 0.6) is 0 Å². The van der Waals surface area contributed by atoms with Crippen LogP contribution in [-0.2, 0) is 6.18 Å². The number of nitrogens with one attached hydrogen (secondary N) is 1. The zero-order valence-electron chi connectivity index (χ0n) is 10.8. The SMILES string of the molecule is FC(F)(F)c1ccc(-c2ccc3c(c2Cl)C=CCN3)cc1. The zero-order valence-corrected chi connectivity index (χ0v) is 11.6. The summed E-state index contributed by atoms with van der Waals surface area (Å²) in [6, 6.07) is 8.72. The number of hydrogen-bond acceptors (Lipinski definition) is 1. The standard InChI is InChI=1S/C16H11ClF3N/c17-15-12(7-8-14-13(15)2-1-9-21-14)10-3-5-11(6-4-10)16(18,19)20/h1-8,21H,9H2. The van der Waals surface area contributed by atoms with E-state index in [4.69, 9.17) is 11.6 Å². The first-order valence-electron chi connectivity index (χ1n) is 6.37. The molecule has 0 radical (unpaired) electrons. The highest BCUT2D eigenvalue weighted by molar-refractivity contribution is 6.35. The van der Waals surface area contributed by atoms with Gasteiger partial charge in [0, 0.05) is 23.4 Å². The Kier molecular flexibility index (Phi) is 3.41. The minimum atomic E-state index is -4.33. The van der Waals surface area contributed by atoms with Crippen molar-refractivity contribution in [1.29, 1.82) is 0 Å². The number of alkyl halides is 3. The van der Waals surface area contributed by atoms with E-state index in [2.05, 4.69) is 5.32 Å². The van der Waals surface area contributed by atoms with E-state index in [9.17, 15) is 13.2 Å². The maximum atomic E-state index is 12.6. The van der Waals surface area contributed by atoms with Gasteiger partial charge >= 0.3 is 6.18 Å². The fraction of sp³-hybridized carbons (Fsp3) is 0.125. The first kappa shape index (κ1) is 14.0. The minimum Gasteiger partial charge on any atom is -0.381 e. The number of hydrogen-bond donors (Lipinski definition) is 1. The second kappa shape index (κ2) is 5.11. The first-order valence-corrected chi connectivity index (χ1v) is 6.75. The van der Waals surface area contributed by atoms with Gasteiger partial charge in [-0.1, -0.05) is 42.0 Å². The van der Waals surface area contributed by atoms with Gasteiger partial charge in [-0.05, 0) is 23.8 Å². The molecular weight excluding hydrogens is 299 g/mol. The first-order chi connectivity index (χ1) is 9.97. The van der Waals surface area contributed by atoms with Crippen LogP contribution in [0.3, 0.4) is 0 Å². The molecule has 1 heterocycles. The Balaban J connectivity index is 2.04. The van der Waals surface area contributed by atoms with E-state index in [1.807, 2.05) is 24.3 Å². The van der Waals surface area contributed by atoms with Crippen LogP contribution in [0.1, 0.15) is 11.1 Å². The lowest BCUT2D eigenvalue weighted by molar-refractivity contribution is -0.137. The second-order valence-electron chi connectivity index (χ2n) is 4.75. The molecule has 0 spiro atoms. The van der Waals surface area contributed by atoms with Crippen molar-refractivity contribution in [3.05, 3.63) is 58.6 Å². The summed E-state index contributed by atoms with van der Waals surface area (Å²) in [5.74, 6) is 0. The number of benzene rings is 2. The molecule has 21 heavy (non-hydrogen) atoms. The summed E-state index contributed by atoms with van der Waals surface area (Å²) in [5, 5.41) is 3.73. The molecule has 1 N–H and O–H groups in total. The molecule has 1 aliphatic heterocycles. The van der Waals surface area contributed by atoms with Crippen LogP contribution in [0.15, 0.2) is 42.5 Å². The van der Waals surface area contributed by atoms with Crippen molar-refractivity contribution >= 4 is 23.4 Å². The van der Waals surface area contributed by atoms with Crippen LogP contribution in [0, 0.1) is 0 Å². The highest BCUT2D eigenvalue weighted by atomic mass is 35.5. The van der Waals surface area contributed by atoms with Crippen LogP contribution in [-0.4, -0.2) is 6.54 Å². The van der Waals surface area contributed by atoms with Crippen LogP contribution < -0.4 is 5.32 Å². The fourth-order valence-electron chi connectivity index (χ4n) is 2.32. The van der Waals surface area contributed by atoms with Gasteiger partial charge < -0.3 is 5.32 Å². The van der Waals surface area contributed by atoms with E-state index in [0.717, 1.165) is 35.5 Å². The van der Waals surface area contributed by atoms with E-state index in [-0.39, 0.29) is 0 Å². The van der Waals surface area contributed by atoms with Crippen LogP contribution in [0.25, 0.3) is 17.2 Å². The molecule has 0 saturated carbocycles. The average Bonchev–Trinajstić information content (AvgIpc) is 2.47. The second-order valence-corrected chi connectivity index (χ2v) is 5.12. The summed E-state index contributed by atoms with van der Waals surface area (Å²) < 4.78 is 37.7. The Morgan fingerprint density at radius 1 is 1.00 bits per heavy atom. The maximum absolute atomic E-state index is 12.6. The predicted octanol–water partition coefficient (Wildman–Crippen LogP) is 5.46. The quantitative estimate of drug-likeness (QED) is 0.737. The molecule has 1 aliphatic rings. The largest absolute Gasteiger partial charge is 0.416 e. The summed E-state index contributed by atoms with van der Waals surface area (Å²) in [6.45, 7) is 0.739. The van der Waals surface area contributed by atoms with Gasteiger partial charge in [-0.25, -0.2) is 0 Å².